The van der Waals surface area contributed by atoms with Gasteiger partial charge in [-0.15, -0.1) is 0 Å². The van der Waals surface area contributed by atoms with Crippen molar-refractivity contribution in [3.63, 3.8) is 0 Å². The lowest BCUT2D eigenvalue weighted by Gasteiger charge is -2.32. The van der Waals surface area contributed by atoms with Crippen LogP contribution in [0, 0.1) is 19.8 Å². The van der Waals surface area contributed by atoms with Crippen LogP contribution in [0.25, 0.3) is 5.57 Å². The Bertz CT molecular complexity index is 1030. The van der Waals surface area contributed by atoms with Crippen LogP contribution in [-0.2, 0) is 9.59 Å². The summed E-state index contributed by atoms with van der Waals surface area (Å²) in [5, 5.41) is 0. The molecule has 2 aliphatic rings. The van der Waals surface area contributed by atoms with Gasteiger partial charge in [0.05, 0.1) is 18.4 Å². The summed E-state index contributed by atoms with van der Waals surface area (Å²) in [6.45, 7) is 7.82. The van der Waals surface area contributed by atoms with E-state index in [2.05, 4.69) is 17.9 Å². The molecule has 5 heteroatoms. The van der Waals surface area contributed by atoms with Crippen LogP contribution in [0.3, 0.4) is 0 Å². The van der Waals surface area contributed by atoms with Gasteiger partial charge in [0, 0.05) is 13.1 Å². The fraction of sp³-hybridized carbons (Fsp3) is 0.360. The third kappa shape index (κ3) is 3.38. The molecule has 0 radical (unpaired) electrons. The number of piperidine rings is 1. The number of rotatable bonds is 4. The minimum atomic E-state index is -0.287. The minimum Gasteiger partial charge on any atom is -0.495 e. The number of anilines is 1. The third-order valence-electron chi connectivity index (χ3n) is 6.14. The third-order valence-corrected chi connectivity index (χ3v) is 6.14. The molecule has 0 unspecified atom stereocenters. The van der Waals surface area contributed by atoms with E-state index in [0.717, 1.165) is 42.6 Å². The van der Waals surface area contributed by atoms with Crippen molar-refractivity contribution in [2.24, 2.45) is 5.92 Å². The van der Waals surface area contributed by atoms with E-state index in [1.54, 1.807) is 19.2 Å². The highest BCUT2D eigenvalue weighted by molar-refractivity contribution is 6.45. The highest BCUT2D eigenvalue weighted by Gasteiger charge is 2.44. The number of carbonyl (C=O) groups excluding carboxylic acids is 2. The Hall–Kier alpha value is -3.08. The Labute approximate surface area is 177 Å². The van der Waals surface area contributed by atoms with E-state index < -0.39 is 0 Å². The molecule has 30 heavy (non-hydrogen) atoms. The molecule has 2 heterocycles. The molecule has 2 amide bonds. The molecule has 2 aliphatic heterocycles. The minimum absolute atomic E-state index is 0.269. The van der Waals surface area contributed by atoms with E-state index >= 15 is 0 Å². The van der Waals surface area contributed by atoms with Crippen LogP contribution in [0.5, 0.6) is 5.75 Å². The normalized spacial score (nSPS) is 17.9. The topological polar surface area (TPSA) is 49.9 Å². The Morgan fingerprint density at radius 2 is 1.67 bits per heavy atom. The predicted octanol–water partition coefficient (Wildman–Crippen LogP) is 4.33. The van der Waals surface area contributed by atoms with Crippen LogP contribution < -0.4 is 9.64 Å². The van der Waals surface area contributed by atoms with Crippen LogP contribution in [-0.4, -0.2) is 36.9 Å². The maximum Gasteiger partial charge on any atom is 0.282 e. The Morgan fingerprint density at radius 1 is 0.967 bits per heavy atom. The Morgan fingerprint density at radius 3 is 2.33 bits per heavy atom. The summed E-state index contributed by atoms with van der Waals surface area (Å²) in [5.41, 5.74) is 4.45. The Balaban J connectivity index is 1.86. The molecule has 0 saturated carbocycles. The van der Waals surface area contributed by atoms with Crippen molar-refractivity contribution in [1.29, 1.82) is 0 Å². The van der Waals surface area contributed by atoms with Crippen LogP contribution in [0.15, 0.2) is 48.2 Å². The molecule has 1 saturated heterocycles. The molecular formula is C25H28N2O3. The largest absolute Gasteiger partial charge is 0.495 e. The number of aryl methyl sites for hydroxylation is 2. The number of hydrogen-bond donors (Lipinski definition) is 0. The lowest BCUT2D eigenvalue weighted by Crippen LogP contribution is -2.38. The monoisotopic (exact) mass is 404 g/mol. The van der Waals surface area contributed by atoms with E-state index in [1.807, 2.05) is 38.1 Å². The van der Waals surface area contributed by atoms with Gasteiger partial charge in [0.25, 0.3) is 11.8 Å². The molecule has 0 aromatic heterocycles. The number of benzene rings is 2. The maximum atomic E-state index is 13.7. The van der Waals surface area contributed by atoms with Gasteiger partial charge in [0.1, 0.15) is 11.4 Å². The van der Waals surface area contributed by atoms with Crippen molar-refractivity contribution in [3.05, 3.63) is 64.9 Å². The summed E-state index contributed by atoms with van der Waals surface area (Å²) in [5.74, 6) is 0.579. The van der Waals surface area contributed by atoms with E-state index in [4.69, 9.17) is 4.74 Å². The number of para-hydroxylation sites is 2. The first kappa shape index (κ1) is 20.2. The van der Waals surface area contributed by atoms with Crippen molar-refractivity contribution in [2.45, 2.75) is 33.6 Å². The van der Waals surface area contributed by atoms with Gasteiger partial charge in [-0.1, -0.05) is 42.8 Å². The molecule has 1 fully saturated rings. The molecule has 0 spiro atoms. The smallest absolute Gasteiger partial charge is 0.282 e. The highest BCUT2D eigenvalue weighted by Crippen LogP contribution is 2.40. The summed E-state index contributed by atoms with van der Waals surface area (Å²) < 4.78 is 5.45. The van der Waals surface area contributed by atoms with Crippen molar-refractivity contribution in [1.82, 2.24) is 4.90 Å². The molecule has 0 N–H and O–H groups in total. The van der Waals surface area contributed by atoms with Crippen molar-refractivity contribution < 1.29 is 14.3 Å². The molecule has 4 rings (SSSR count). The van der Waals surface area contributed by atoms with Gasteiger partial charge in [-0.2, -0.15) is 0 Å². The van der Waals surface area contributed by atoms with Crippen molar-refractivity contribution in [2.75, 3.05) is 25.1 Å². The van der Waals surface area contributed by atoms with Gasteiger partial charge < -0.3 is 9.64 Å². The first-order chi connectivity index (χ1) is 14.4. The van der Waals surface area contributed by atoms with Gasteiger partial charge >= 0.3 is 0 Å². The quantitative estimate of drug-likeness (QED) is 0.712. The van der Waals surface area contributed by atoms with E-state index in [-0.39, 0.29) is 11.8 Å². The summed E-state index contributed by atoms with van der Waals surface area (Å²) in [6.07, 6.45) is 2.03. The second kappa shape index (κ2) is 7.98. The number of nitrogens with zero attached hydrogens (tertiary/aromatic N) is 2. The maximum absolute atomic E-state index is 13.7. The standard InChI is InChI=1S/C25H28N2O3/c1-16-11-13-26(14-12-16)23-22(19-10-9-17(2)15-18(19)3)24(28)27(25(23)29)20-7-5-6-8-21(20)30-4/h5-10,15-16H,11-14H2,1-4H3. The molecule has 0 bridgehead atoms. The van der Waals surface area contributed by atoms with Crippen LogP contribution in [0.1, 0.15) is 36.5 Å². The van der Waals surface area contributed by atoms with Gasteiger partial charge in [0.2, 0.25) is 0 Å². The number of imide groups is 1. The van der Waals surface area contributed by atoms with E-state index in [9.17, 15) is 9.59 Å². The number of likely N-dealkylation sites (tertiary alicyclic amines) is 1. The average molecular weight is 405 g/mol. The summed E-state index contributed by atoms with van der Waals surface area (Å²) >= 11 is 0. The summed E-state index contributed by atoms with van der Waals surface area (Å²) in [7, 11) is 1.55. The average Bonchev–Trinajstić information content (AvgIpc) is 2.99. The SMILES string of the molecule is COc1ccccc1N1C(=O)C(c2ccc(C)cc2C)=C(N2CCC(C)CC2)C1=O. The fourth-order valence-corrected chi connectivity index (χ4v) is 4.41. The molecular weight excluding hydrogens is 376 g/mol. The molecule has 156 valence electrons. The molecule has 2 aromatic carbocycles. The number of amides is 2. The molecule has 0 aliphatic carbocycles. The lowest BCUT2D eigenvalue weighted by molar-refractivity contribution is -0.120. The Kier molecular flexibility index (Phi) is 5.37. The zero-order valence-electron chi connectivity index (χ0n) is 18.1. The number of hydrogen-bond acceptors (Lipinski definition) is 4. The first-order valence-corrected chi connectivity index (χ1v) is 10.5. The number of ether oxygens (including phenoxy) is 1. The van der Waals surface area contributed by atoms with Crippen LogP contribution in [0.4, 0.5) is 5.69 Å². The first-order valence-electron chi connectivity index (χ1n) is 10.5. The number of methoxy groups -OCH3 is 1. The fourth-order valence-electron chi connectivity index (χ4n) is 4.41. The number of carbonyl (C=O) groups is 2. The van der Waals surface area contributed by atoms with Gasteiger partial charge in [-0.05, 0) is 55.9 Å². The molecule has 5 nitrogen and oxygen atoms in total. The van der Waals surface area contributed by atoms with Gasteiger partial charge in [-0.25, -0.2) is 4.90 Å². The van der Waals surface area contributed by atoms with E-state index in [1.165, 1.54) is 4.90 Å². The van der Waals surface area contributed by atoms with Crippen molar-refractivity contribution >= 4 is 23.1 Å². The second-order valence-electron chi connectivity index (χ2n) is 8.33. The molecule has 0 atom stereocenters. The van der Waals surface area contributed by atoms with Crippen LogP contribution in [0.2, 0.25) is 0 Å². The summed E-state index contributed by atoms with van der Waals surface area (Å²) in [4.78, 5) is 30.8. The zero-order valence-corrected chi connectivity index (χ0v) is 18.1. The molecule has 2 aromatic rings. The second-order valence-corrected chi connectivity index (χ2v) is 8.33. The zero-order chi connectivity index (χ0) is 21.4. The highest BCUT2D eigenvalue weighted by atomic mass is 16.5. The summed E-state index contributed by atoms with van der Waals surface area (Å²) in [6, 6.07) is 13.2. The van der Waals surface area contributed by atoms with Crippen molar-refractivity contribution in [3.8, 4) is 5.75 Å². The van der Waals surface area contributed by atoms with Gasteiger partial charge in [-0.3, -0.25) is 9.59 Å². The van der Waals surface area contributed by atoms with Gasteiger partial charge in [0.15, 0.2) is 0 Å². The van der Waals surface area contributed by atoms with Crippen LogP contribution >= 0.6 is 0 Å². The predicted molar refractivity (Wildman–Crippen MR) is 118 cm³/mol. The lowest BCUT2D eigenvalue weighted by atomic mass is 9.95. The van der Waals surface area contributed by atoms with E-state index in [0.29, 0.717) is 28.6 Å².